The average molecular weight is 184 g/mol. The molecule has 12 heavy (non-hydrogen) atoms. The van der Waals surface area contributed by atoms with E-state index in [4.69, 9.17) is 0 Å². The van der Waals surface area contributed by atoms with E-state index >= 15 is 0 Å². The number of hydrogen-bond donors (Lipinski definition) is 1. The highest BCUT2D eigenvalue weighted by molar-refractivity contribution is 7.13. The molecule has 2 nitrogen and oxygen atoms in total. The molecule has 1 N–H and O–H groups in total. The van der Waals surface area contributed by atoms with E-state index in [0.717, 1.165) is 18.1 Å². The summed E-state index contributed by atoms with van der Waals surface area (Å²) in [6, 6.07) is 0. The van der Waals surface area contributed by atoms with Gasteiger partial charge in [-0.3, -0.25) is 0 Å². The fourth-order valence-corrected chi connectivity index (χ4v) is 1.65. The van der Waals surface area contributed by atoms with Gasteiger partial charge in [-0.25, -0.2) is 4.98 Å². The molecule has 0 amide bonds. The van der Waals surface area contributed by atoms with E-state index in [0.29, 0.717) is 5.92 Å². The summed E-state index contributed by atoms with van der Waals surface area (Å²) < 4.78 is 0. The summed E-state index contributed by atoms with van der Waals surface area (Å²) in [5.74, 6) is 0.680. The van der Waals surface area contributed by atoms with Crippen molar-refractivity contribution in [2.45, 2.75) is 27.2 Å². The second kappa shape index (κ2) is 4.45. The minimum Gasteiger partial charge on any atom is -0.361 e. The number of aryl methyl sites for hydroxylation is 1. The van der Waals surface area contributed by atoms with Crippen LogP contribution in [0, 0.1) is 5.92 Å². The van der Waals surface area contributed by atoms with Crippen LogP contribution in [-0.4, -0.2) is 11.5 Å². The predicted octanol–water partition coefficient (Wildman–Crippen LogP) is 2.77. The first kappa shape index (κ1) is 9.52. The summed E-state index contributed by atoms with van der Waals surface area (Å²) in [4.78, 5) is 4.41. The van der Waals surface area contributed by atoms with Gasteiger partial charge in [0.05, 0.1) is 5.69 Å². The highest BCUT2D eigenvalue weighted by atomic mass is 32.1. The van der Waals surface area contributed by atoms with Crippen molar-refractivity contribution in [1.29, 1.82) is 0 Å². The summed E-state index contributed by atoms with van der Waals surface area (Å²) >= 11 is 1.69. The number of rotatable bonds is 4. The molecule has 0 radical (unpaired) electrons. The second-order valence-corrected chi connectivity index (χ2v) is 4.13. The van der Waals surface area contributed by atoms with Crippen LogP contribution in [-0.2, 0) is 6.42 Å². The molecular formula is C9H16N2S. The fourth-order valence-electron chi connectivity index (χ4n) is 0.842. The van der Waals surface area contributed by atoms with Crippen LogP contribution >= 0.6 is 11.3 Å². The Bertz CT molecular complexity index is 230. The fraction of sp³-hybridized carbons (Fsp3) is 0.667. The van der Waals surface area contributed by atoms with Gasteiger partial charge in [0, 0.05) is 11.9 Å². The first-order chi connectivity index (χ1) is 5.72. The molecule has 1 heterocycles. The van der Waals surface area contributed by atoms with Crippen LogP contribution < -0.4 is 5.32 Å². The molecular weight excluding hydrogens is 168 g/mol. The van der Waals surface area contributed by atoms with Crippen molar-refractivity contribution in [2.75, 3.05) is 11.9 Å². The second-order valence-electron chi connectivity index (χ2n) is 3.27. The van der Waals surface area contributed by atoms with Gasteiger partial charge in [-0.05, 0) is 12.3 Å². The van der Waals surface area contributed by atoms with Gasteiger partial charge in [0.25, 0.3) is 0 Å². The Balaban J connectivity index is 2.41. The summed E-state index contributed by atoms with van der Waals surface area (Å²) in [5.41, 5.74) is 1.19. The van der Waals surface area contributed by atoms with Gasteiger partial charge in [-0.1, -0.05) is 20.8 Å². The average Bonchev–Trinajstić information content (AvgIpc) is 2.48. The van der Waals surface area contributed by atoms with E-state index in [1.807, 2.05) is 0 Å². The van der Waals surface area contributed by atoms with Gasteiger partial charge >= 0.3 is 0 Å². The Labute approximate surface area is 78.0 Å². The smallest absolute Gasteiger partial charge is 0.182 e. The monoisotopic (exact) mass is 184 g/mol. The van der Waals surface area contributed by atoms with Crippen LogP contribution in [0.1, 0.15) is 26.5 Å². The van der Waals surface area contributed by atoms with Gasteiger partial charge < -0.3 is 5.32 Å². The SMILES string of the molecule is CCc1csc(NCC(C)C)n1. The first-order valence-corrected chi connectivity index (χ1v) is 5.28. The molecule has 0 aliphatic carbocycles. The third-order valence-electron chi connectivity index (χ3n) is 1.58. The molecule has 0 fully saturated rings. The Morgan fingerprint density at radius 3 is 2.83 bits per heavy atom. The number of nitrogens with one attached hydrogen (secondary N) is 1. The number of nitrogens with zero attached hydrogens (tertiary/aromatic N) is 1. The highest BCUT2D eigenvalue weighted by Crippen LogP contribution is 2.15. The first-order valence-electron chi connectivity index (χ1n) is 4.40. The molecule has 0 aliphatic heterocycles. The van der Waals surface area contributed by atoms with Gasteiger partial charge in [0.15, 0.2) is 5.13 Å². The lowest BCUT2D eigenvalue weighted by atomic mass is 10.2. The Morgan fingerprint density at radius 1 is 1.58 bits per heavy atom. The van der Waals surface area contributed by atoms with Crippen LogP contribution in [0.4, 0.5) is 5.13 Å². The minimum atomic E-state index is 0.680. The molecule has 3 heteroatoms. The molecule has 0 aromatic carbocycles. The zero-order valence-corrected chi connectivity index (χ0v) is 8.74. The lowest BCUT2D eigenvalue weighted by molar-refractivity contribution is 0.688. The van der Waals surface area contributed by atoms with E-state index in [1.165, 1.54) is 5.69 Å². The largest absolute Gasteiger partial charge is 0.361 e. The molecule has 0 saturated carbocycles. The number of anilines is 1. The lowest BCUT2D eigenvalue weighted by Gasteiger charge is -2.04. The van der Waals surface area contributed by atoms with Gasteiger partial charge in [0.1, 0.15) is 0 Å². The van der Waals surface area contributed by atoms with Gasteiger partial charge in [-0.2, -0.15) is 0 Å². The van der Waals surface area contributed by atoms with Crippen LogP contribution in [0.15, 0.2) is 5.38 Å². The van der Waals surface area contributed by atoms with Crippen molar-refractivity contribution in [3.8, 4) is 0 Å². The quantitative estimate of drug-likeness (QED) is 0.778. The van der Waals surface area contributed by atoms with Crippen LogP contribution in [0.2, 0.25) is 0 Å². The Morgan fingerprint density at radius 2 is 2.33 bits per heavy atom. The molecule has 0 aliphatic rings. The van der Waals surface area contributed by atoms with Crippen molar-refractivity contribution in [2.24, 2.45) is 5.92 Å². The maximum absolute atomic E-state index is 4.41. The standard InChI is InChI=1S/C9H16N2S/c1-4-8-6-12-9(11-8)10-5-7(2)3/h6-7H,4-5H2,1-3H3,(H,10,11). The molecule has 1 aromatic rings. The topological polar surface area (TPSA) is 24.9 Å². The summed E-state index contributed by atoms with van der Waals surface area (Å²) in [7, 11) is 0. The lowest BCUT2D eigenvalue weighted by Crippen LogP contribution is -2.07. The molecule has 0 unspecified atom stereocenters. The van der Waals surface area contributed by atoms with E-state index in [9.17, 15) is 0 Å². The van der Waals surface area contributed by atoms with Crippen LogP contribution in [0.25, 0.3) is 0 Å². The molecule has 68 valence electrons. The molecule has 0 bridgehead atoms. The van der Waals surface area contributed by atoms with Crippen molar-refractivity contribution in [1.82, 2.24) is 4.98 Å². The maximum Gasteiger partial charge on any atom is 0.182 e. The Hall–Kier alpha value is -0.570. The molecule has 0 atom stereocenters. The molecule has 0 saturated heterocycles. The Kier molecular flexibility index (Phi) is 3.53. The number of aromatic nitrogens is 1. The van der Waals surface area contributed by atoms with E-state index in [-0.39, 0.29) is 0 Å². The molecule has 1 rings (SSSR count). The van der Waals surface area contributed by atoms with E-state index in [1.54, 1.807) is 11.3 Å². The van der Waals surface area contributed by atoms with Gasteiger partial charge in [0.2, 0.25) is 0 Å². The van der Waals surface area contributed by atoms with Crippen molar-refractivity contribution < 1.29 is 0 Å². The van der Waals surface area contributed by atoms with Crippen LogP contribution in [0.5, 0.6) is 0 Å². The minimum absolute atomic E-state index is 0.680. The number of thiazole rings is 1. The van der Waals surface area contributed by atoms with E-state index < -0.39 is 0 Å². The third-order valence-corrected chi connectivity index (χ3v) is 2.42. The van der Waals surface area contributed by atoms with Crippen LogP contribution in [0.3, 0.4) is 0 Å². The predicted molar refractivity (Wildman–Crippen MR) is 54.8 cm³/mol. The van der Waals surface area contributed by atoms with Gasteiger partial charge in [-0.15, -0.1) is 11.3 Å². The van der Waals surface area contributed by atoms with E-state index in [2.05, 4.69) is 36.5 Å². The molecule has 0 spiro atoms. The summed E-state index contributed by atoms with van der Waals surface area (Å²) in [5, 5.41) is 6.48. The maximum atomic E-state index is 4.41. The molecule has 1 aromatic heterocycles. The van der Waals surface area contributed by atoms with Crippen molar-refractivity contribution in [3.63, 3.8) is 0 Å². The zero-order chi connectivity index (χ0) is 8.97. The normalized spacial score (nSPS) is 10.7. The third kappa shape index (κ3) is 2.81. The number of hydrogen-bond acceptors (Lipinski definition) is 3. The van der Waals surface area contributed by atoms with Crippen molar-refractivity contribution in [3.05, 3.63) is 11.1 Å². The zero-order valence-electron chi connectivity index (χ0n) is 7.92. The highest BCUT2D eigenvalue weighted by Gasteiger charge is 1.99. The summed E-state index contributed by atoms with van der Waals surface area (Å²) in [6.45, 7) is 7.53. The summed E-state index contributed by atoms with van der Waals surface area (Å²) in [6.07, 6.45) is 1.03. The van der Waals surface area contributed by atoms with Crippen molar-refractivity contribution >= 4 is 16.5 Å².